The number of carbonyl (C=O) groups excluding carboxylic acids is 1. The molecule has 0 radical (unpaired) electrons. The van der Waals surface area contributed by atoms with E-state index in [4.69, 9.17) is 4.74 Å². The number of nitrogens with zero attached hydrogens (tertiary/aromatic N) is 2. The van der Waals surface area contributed by atoms with Crippen LogP contribution in [0.1, 0.15) is 61.1 Å². The van der Waals surface area contributed by atoms with Gasteiger partial charge in [-0.25, -0.2) is 13.6 Å². The average molecular weight is 424 g/mol. The first-order valence-electron chi connectivity index (χ1n) is 7.47. The molecule has 0 aromatic carbocycles. The monoisotopic (exact) mass is 424 g/mol. The van der Waals surface area contributed by atoms with Crippen molar-refractivity contribution >= 4 is 28.6 Å². The second kappa shape index (κ2) is 5.42. The highest BCUT2D eigenvalue weighted by Crippen LogP contribution is 2.52. The van der Waals surface area contributed by atoms with Crippen LogP contribution in [0.3, 0.4) is 0 Å². The van der Waals surface area contributed by atoms with Gasteiger partial charge < -0.3 is 4.74 Å². The molecule has 0 N–H and O–H groups in total. The summed E-state index contributed by atoms with van der Waals surface area (Å²) in [5, 5.41) is 4.58. The molecule has 0 unspecified atom stereocenters. The van der Waals surface area contributed by atoms with Gasteiger partial charge in [0.05, 0.1) is 16.4 Å². The molecule has 4 nitrogen and oxygen atoms in total. The number of methoxy groups -OCH3 is 1. The van der Waals surface area contributed by atoms with Crippen molar-refractivity contribution in [2.75, 3.05) is 7.11 Å². The summed E-state index contributed by atoms with van der Waals surface area (Å²) < 4.78 is 33.7. The van der Waals surface area contributed by atoms with Gasteiger partial charge in [-0.2, -0.15) is 5.10 Å². The summed E-state index contributed by atoms with van der Waals surface area (Å²) in [6, 6.07) is 0. The van der Waals surface area contributed by atoms with Crippen molar-refractivity contribution < 1.29 is 18.3 Å². The molecule has 3 rings (SSSR count). The van der Waals surface area contributed by atoms with Crippen LogP contribution < -0.4 is 0 Å². The Kier molecular flexibility index (Phi) is 3.98. The molecule has 22 heavy (non-hydrogen) atoms. The number of rotatable bonds is 4. The van der Waals surface area contributed by atoms with Crippen LogP contribution in [0, 0.1) is 8.99 Å². The van der Waals surface area contributed by atoms with Crippen molar-refractivity contribution in [3.63, 3.8) is 0 Å². The molecule has 1 heterocycles. The minimum Gasteiger partial charge on any atom is -0.464 e. The van der Waals surface area contributed by atoms with Gasteiger partial charge in [0.2, 0.25) is 5.92 Å². The predicted octanol–water partition coefficient (Wildman–Crippen LogP) is 3.98. The third kappa shape index (κ3) is 2.76. The summed E-state index contributed by atoms with van der Waals surface area (Å²) in [5.41, 5.74) is 0.807. The molecule has 0 saturated heterocycles. The number of carbonyl (C=O) groups is 1. The normalized spacial score (nSPS) is 22.8. The molecular formula is C15H19F2IN2O2. The Morgan fingerprint density at radius 3 is 2.55 bits per heavy atom. The van der Waals surface area contributed by atoms with Gasteiger partial charge in [0, 0.05) is 25.3 Å². The number of halogens is 3. The van der Waals surface area contributed by atoms with Crippen LogP contribution in [0.25, 0.3) is 0 Å². The van der Waals surface area contributed by atoms with Crippen molar-refractivity contribution in [1.82, 2.24) is 9.78 Å². The lowest BCUT2D eigenvalue weighted by Crippen LogP contribution is -2.47. The molecule has 122 valence electrons. The topological polar surface area (TPSA) is 44.1 Å². The first-order chi connectivity index (χ1) is 10.2. The van der Waals surface area contributed by atoms with Crippen molar-refractivity contribution in [2.24, 2.45) is 5.41 Å². The van der Waals surface area contributed by atoms with Gasteiger partial charge >= 0.3 is 5.97 Å². The van der Waals surface area contributed by atoms with Crippen LogP contribution in [-0.2, 0) is 11.3 Å². The second-order valence-electron chi connectivity index (χ2n) is 6.85. The summed E-state index contributed by atoms with van der Waals surface area (Å²) in [6.45, 7) is 2.15. The lowest BCUT2D eigenvalue weighted by molar-refractivity contribution is -0.160. The Labute approximate surface area is 141 Å². The Bertz CT molecular complexity index is 603. The Hall–Kier alpha value is -0.730. The lowest BCUT2D eigenvalue weighted by atomic mass is 9.67. The van der Waals surface area contributed by atoms with E-state index in [0.717, 1.165) is 22.1 Å². The van der Waals surface area contributed by atoms with Crippen LogP contribution in [0.2, 0.25) is 0 Å². The fraction of sp³-hybridized carbons (Fsp3) is 0.733. The Morgan fingerprint density at radius 1 is 1.45 bits per heavy atom. The van der Waals surface area contributed by atoms with Gasteiger partial charge in [-0.3, -0.25) is 4.68 Å². The van der Waals surface area contributed by atoms with E-state index in [0.29, 0.717) is 18.2 Å². The summed E-state index contributed by atoms with van der Waals surface area (Å²) in [5.74, 6) is -2.65. The fourth-order valence-electron chi connectivity index (χ4n) is 3.48. The highest BCUT2D eigenvalue weighted by Gasteiger charge is 2.54. The summed E-state index contributed by atoms with van der Waals surface area (Å²) in [6.07, 6.45) is 3.00. The fourth-order valence-corrected chi connectivity index (χ4v) is 4.52. The zero-order chi connectivity index (χ0) is 16.1. The molecule has 0 atom stereocenters. The molecular weight excluding hydrogens is 405 g/mol. The van der Waals surface area contributed by atoms with Crippen molar-refractivity contribution in [3.8, 4) is 0 Å². The molecule has 2 fully saturated rings. The van der Waals surface area contributed by atoms with Gasteiger partial charge in [-0.15, -0.1) is 0 Å². The maximum atomic E-state index is 13.2. The SMILES string of the molecule is COC(=O)c1c(I)c(C2CCC2)nn1CC1(C)CC(F)(F)C1. The molecule has 2 saturated carbocycles. The van der Waals surface area contributed by atoms with E-state index in [1.165, 1.54) is 13.5 Å². The molecule has 1 aromatic rings. The number of ether oxygens (including phenoxy) is 1. The maximum Gasteiger partial charge on any atom is 0.357 e. The largest absolute Gasteiger partial charge is 0.464 e. The molecule has 0 bridgehead atoms. The van der Waals surface area contributed by atoms with Crippen molar-refractivity contribution in [1.29, 1.82) is 0 Å². The van der Waals surface area contributed by atoms with Crippen molar-refractivity contribution in [2.45, 2.75) is 57.4 Å². The number of alkyl halides is 2. The quantitative estimate of drug-likeness (QED) is 0.543. The van der Waals surface area contributed by atoms with Crippen LogP contribution in [0.15, 0.2) is 0 Å². The van der Waals surface area contributed by atoms with Crippen LogP contribution in [0.4, 0.5) is 8.78 Å². The second-order valence-corrected chi connectivity index (χ2v) is 7.92. The molecule has 0 aliphatic heterocycles. The minimum absolute atomic E-state index is 0.157. The highest BCUT2D eigenvalue weighted by molar-refractivity contribution is 14.1. The molecule has 2 aliphatic carbocycles. The molecule has 7 heteroatoms. The summed E-state index contributed by atoms with van der Waals surface area (Å²) in [7, 11) is 1.33. The zero-order valence-electron chi connectivity index (χ0n) is 12.7. The minimum atomic E-state index is -2.59. The average Bonchev–Trinajstić information content (AvgIpc) is 2.60. The van der Waals surface area contributed by atoms with E-state index >= 15 is 0 Å². The van der Waals surface area contributed by atoms with Gasteiger partial charge in [0.1, 0.15) is 0 Å². The summed E-state index contributed by atoms with van der Waals surface area (Å²) in [4.78, 5) is 12.1. The molecule has 2 aliphatic rings. The number of hydrogen-bond acceptors (Lipinski definition) is 3. The van der Waals surface area contributed by atoms with Gasteiger partial charge in [-0.05, 0) is 40.8 Å². The first kappa shape index (κ1) is 16.1. The first-order valence-corrected chi connectivity index (χ1v) is 8.55. The van der Waals surface area contributed by atoms with E-state index in [-0.39, 0.29) is 12.8 Å². The van der Waals surface area contributed by atoms with Gasteiger partial charge in [0.25, 0.3) is 0 Å². The number of hydrogen-bond donors (Lipinski definition) is 0. The van der Waals surface area contributed by atoms with Crippen molar-refractivity contribution in [3.05, 3.63) is 15.0 Å². The maximum absolute atomic E-state index is 13.2. The lowest BCUT2D eigenvalue weighted by Gasteiger charge is -2.44. The number of esters is 1. The number of aromatic nitrogens is 2. The third-order valence-electron chi connectivity index (χ3n) is 4.69. The smallest absolute Gasteiger partial charge is 0.357 e. The van der Waals surface area contributed by atoms with Crippen LogP contribution in [0.5, 0.6) is 0 Å². The van der Waals surface area contributed by atoms with Gasteiger partial charge in [-0.1, -0.05) is 13.3 Å². The Morgan fingerprint density at radius 2 is 2.09 bits per heavy atom. The Balaban J connectivity index is 1.90. The predicted molar refractivity (Wildman–Crippen MR) is 85.2 cm³/mol. The molecule has 1 aromatic heterocycles. The van der Waals surface area contributed by atoms with E-state index < -0.39 is 17.3 Å². The standard InChI is InChI=1S/C15H19F2IN2O2/c1-14(6-15(16,17)7-14)8-20-12(13(21)22-2)10(18)11(19-20)9-4-3-5-9/h9H,3-8H2,1-2H3. The van der Waals surface area contributed by atoms with E-state index in [1.54, 1.807) is 4.68 Å². The van der Waals surface area contributed by atoms with Crippen LogP contribution in [-0.4, -0.2) is 28.8 Å². The van der Waals surface area contributed by atoms with E-state index in [1.807, 2.05) is 6.92 Å². The molecule has 0 amide bonds. The van der Waals surface area contributed by atoms with E-state index in [2.05, 4.69) is 27.7 Å². The van der Waals surface area contributed by atoms with Gasteiger partial charge in [0.15, 0.2) is 5.69 Å². The zero-order valence-corrected chi connectivity index (χ0v) is 14.8. The molecule has 0 spiro atoms. The van der Waals surface area contributed by atoms with E-state index in [9.17, 15) is 13.6 Å². The highest BCUT2D eigenvalue weighted by atomic mass is 127. The summed E-state index contributed by atoms with van der Waals surface area (Å²) >= 11 is 2.13. The third-order valence-corrected chi connectivity index (χ3v) is 5.76. The van der Waals surface area contributed by atoms with Crippen LogP contribution >= 0.6 is 22.6 Å².